The lowest BCUT2D eigenvalue weighted by atomic mass is 9.76. The van der Waals surface area contributed by atoms with Crippen molar-refractivity contribution in [3.8, 4) is 5.75 Å². The maximum atomic E-state index is 14.0. The van der Waals surface area contributed by atoms with Crippen molar-refractivity contribution in [2.24, 2.45) is 0 Å². The van der Waals surface area contributed by atoms with E-state index in [9.17, 15) is 19.5 Å². The molecule has 1 aliphatic carbocycles. The summed E-state index contributed by atoms with van der Waals surface area (Å²) in [5.41, 5.74) is -1.27. The number of nitrogens with zero attached hydrogens (tertiary/aromatic N) is 2. The van der Waals surface area contributed by atoms with Gasteiger partial charge in [0.25, 0.3) is 5.56 Å². The van der Waals surface area contributed by atoms with Gasteiger partial charge in [-0.05, 0) is 66.6 Å². The number of thiophene rings is 1. The minimum Gasteiger partial charge on any atom is -0.496 e. The maximum Gasteiger partial charge on any atom is 0.333 e. The summed E-state index contributed by atoms with van der Waals surface area (Å²) in [5.74, 6) is -0.530. The van der Waals surface area contributed by atoms with Gasteiger partial charge in [-0.2, -0.15) is 0 Å². The smallest absolute Gasteiger partial charge is 0.333 e. The minimum atomic E-state index is -1.54. The third-order valence-corrected chi connectivity index (χ3v) is 9.70. The van der Waals surface area contributed by atoms with Gasteiger partial charge in [-0.15, -0.1) is 11.3 Å². The number of aryl methyl sites for hydroxylation is 1. The van der Waals surface area contributed by atoms with E-state index in [0.29, 0.717) is 41.2 Å². The van der Waals surface area contributed by atoms with E-state index in [1.165, 1.54) is 15.9 Å². The van der Waals surface area contributed by atoms with Gasteiger partial charge < -0.3 is 19.3 Å². The average molecular weight is 593 g/mol. The number of hydrogen-bond acceptors (Lipinski definition) is 7. The Morgan fingerprint density at radius 3 is 2.59 bits per heavy atom. The van der Waals surface area contributed by atoms with Crippen molar-refractivity contribution in [2.75, 3.05) is 20.3 Å². The number of methoxy groups -OCH3 is 1. The van der Waals surface area contributed by atoms with E-state index in [-0.39, 0.29) is 25.5 Å². The third kappa shape index (κ3) is 4.45. The molecule has 3 heterocycles. The van der Waals surface area contributed by atoms with E-state index in [2.05, 4.69) is 15.9 Å². The molecule has 0 amide bonds. The van der Waals surface area contributed by atoms with Crippen LogP contribution in [0.25, 0.3) is 10.2 Å². The van der Waals surface area contributed by atoms with E-state index >= 15 is 0 Å². The fraction of sp³-hybridized carbons (Fsp3) is 0.500. The first-order chi connectivity index (χ1) is 17.8. The molecule has 0 bridgehead atoms. The van der Waals surface area contributed by atoms with Gasteiger partial charge in [-0.1, -0.05) is 18.2 Å². The highest BCUT2D eigenvalue weighted by molar-refractivity contribution is 9.11. The lowest BCUT2D eigenvalue weighted by Gasteiger charge is -2.38. The topological polar surface area (TPSA) is 109 Å². The first kappa shape index (κ1) is 26.1. The van der Waals surface area contributed by atoms with Gasteiger partial charge in [0.15, 0.2) is 0 Å². The van der Waals surface area contributed by atoms with Gasteiger partial charge in [0.2, 0.25) is 0 Å². The zero-order valence-corrected chi connectivity index (χ0v) is 23.1. The second-order valence-corrected chi connectivity index (χ2v) is 11.9. The molecule has 9 nitrogen and oxygen atoms in total. The predicted molar refractivity (Wildman–Crippen MR) is 143 cm³/mol. The number of para-hydroxylation sites is 1. The number of fused-ring (bicyclic) bond motifs is 1. The molecule has 0 radical (unpaired) electrons. The van der Waals surface area contributed by atoms with Crippen molar-refractivity contribution < 1.29 is 24.1 Å². The standard InChI is InChI=1S/C26H29BrN2O7S/c1-15-20-22(30)29(26(24(31)32)10-5-11-26)25(33)28(23(20)37-21(15)27)14-19(36-16-8-12-35-13-9-16)17-6-3-4-7-18(17)34-2/h3-4,6-7,16,19H,5,8-14H2,1-2H3,(H,31,32)/t19-/m0/s1. The van der Waals surface area contributed by atoms with Crippen LogP contribution in [0.4, 0.5) is 0 Å². The summed E-state index contributed by atoms with van der Waals surface area (Å²) < 4.78 is 20.9. The van der Waals surface area contributed by atoms with Gasteiger partial charge in [-0.3, -0.25) is 9.36 Å². The molecule has 1 atom stereocenters. The Morgan fingerprint density at radius 2 is 1.97 bits per heavy atom. The number of benzene rings is 1. The van der Waals surface area contributed by atoms with Gasteiger partial charge in [0.1, 0.15) is 22.2 Å². The first-order valence-corrected chi connectivity index (χ1v) is 13.9. The number of halogens is 1. The molecule has 0 spiro atoms. The van der Waals surface area contributed by atoms with Crippen LogP contribution in [0.3, 0.4) is 0 Å². The Morgan fingerprint density at radius 1 is 1.27 bits per heavy atom. The Kier molecular flexibility index (Phi) is 7.32. The van der Waals surface area contributed by atoms with Crippen molar-refractivity contribution in [3.05, 3.63) is 60.0 Å². The molecule has 0 unspecified atom stereocenters. The zero-order valence-electron chi connectivity index (χ0n) is 20.7. The average Bonchev–Trinajstić information content (AvgIpc) is 3.16. The van der Waals surface area contributed by atoms with E-state index in [1.54, 1.807) is 14.0 Å². The largest absolute Gasteiger partial charge is 0.496 e. The number of carboxylic acids is 1. The van der Waals surface area contributed by atoms with Crippen molar-refractivity contribution >= 4 is 43.5 Å². The molecule has 198 valence electrons. The SMILES string of the molecule is COc1ccccc1[C@H](Cn1c(=O)n(C2(C(=O)O)CCC2)c(=O)c2c(C)c(Br)sc21)OC1CCOCC1. The highest BCUT2D eigenvalue weighted by Crippen LogP contribution is 2.40. The monoisotopic (exact) mass is 592 g/mol. The summed E-state index contributed by atoms with van der Waals surface area (Å²) in [6.07, 6.45) is 1.91. The molecule has 5 rings (SSSR count). The number of ether oxygens (including phenoxy) is 3. The number of carbonyl (C=O) groups is 1. The quantitative estimate of drug-likeness (QED) is 0.417. The lowest BCUT2D eigenvalue weighted by molar-refractivity contribution is -0.153. The van der Waals surface area contributed by atoms with Crippen LogP contribution in [0.1, 0.15) is 49.3 Å². The van der Waals surface area contributed by atoms with Crippen LogP contribution in [-0.4, -0.2) is 46.6 Å². The molecular formula is C26H29BrN2O7S. The van der Waals surface area contributed by atoms with Crippen molar-refractivity contribution in [1.82, 2.24) is 9.13 Å². The number of hydrogen-bond donors (Lipinski definition) is 1. The van der Waals surface area contributed by atoms with E-state index < -0.39 is 28.9 Å². The van der Waals surface area contributed by atoms with Crippen molar-refractivity contribution in [3.63, 3.8) is 0 Å². The Bertz CT molecular complexity index is 1450. The summed E-state index contributed by atoms with van der Waals surface area (Å²) in [4.78, 5) is 40.5. The number of aliphatic carboxylic acids is 1. The normalized spacial score (nSPS) is 18.5. The molecule has 1 saturated heterocycles. The second kappa shape index (κ2) is 10.4. The maximum absolute atomic E-state index is 14.0. The number of aromatic nitrogens is 2. The Hall–Kier alpha value is -2.47. The van der Waals surface area contributed by atoms with Gasteiger partial charge in [-0.25, -0.2) is 14.2 Å². The van der Waals surface area contributed by atoms with Gasteiger partial charge in [0, 0.05) is 18.8 Å². The Balaban J connectivity index is 1.71. The second-order valence-electron chi connectivity index (χ2n) is 9.58. The van der Waals surface area contributed by atoms with Crippen LogP contribution >= 0.6 is 27.3 Å². The van der Waals surface area contributed by atoms with E-state index in [1.807, 2.05) is 24.3 Å². The lowest BCUT2D eigenvalue weighted by Crippen LogP contribution is -2.59. The molecular weight excluding hydrogens is 564 g/mol. The Labute approximate surface area is 225 Å². The van der Waals surface area contributed by atoms with Crippen LogP contribution in [-0.2, 0) is 26.4 Å². The van der Waals surface area contributed by atoms with E-state index in [4.69, 9.17) is 14.2 Å². The number of rotatable bonds is 8. The molecule has 3 aromatic rings. The summed E-state index contributed by atoms with van der Waals surface area (Å²) in [7, 11) is 1.59. The molecule has 1 aliphatic heterocycles. The molecule has 2 fully saturated rings. The van der Waals surface area contributed by atoms with Gasteiger partial charge in [0.05, 0.1) is 28.9 Å². The molecule has 11 heteroatoms. The van der Waals surface area contributed by atoms with Gasteiger partial charge >= 0.3 is 11.7 Å². The van der Waals surface area contributed by atoms with Crippen LogP contribution in [0, 0.1) is 6.92 Å². The molecule has 37 heavy (non-hydrogen) atoms. The van der Waals surface area contributed by atoms with Crippen LogP contribution in [0.2, 0.25) is 0 Å². The molecule has 1 N–H and O–H groups in total. The first-order valence-electron chi connectivity index (χ1n) is 12.3. The summed E-state index contributed by atoms with van der Waals surface area (Å²) in [6.45, 7) is 3.08. The minimum absolute atomic E-state index is 0.0745. The molecule has 1 aromatic carbocycles. The third-order valence-electron chi connectivity index (χ3n) is 7.52. The summed E-state index contributed by atoms with van der Waals surface area (Å²) in [5, 5.41) is 10.5. The highest BCUT2D eigenvalue weighted by Gasteiger charge is 2.49. The number of carboxylic acid groups (broad SMARTS) is 1. The van der Waals surface area contributed by atoms with Crippen LogP contribution < -0.4 is 16.0 Å². The van der Waals surface area contributed by atoms with Crippen molar-refractivity contribution in [1.29, 1.82) is 0 Å². The summed E-state index contributed by atoms with van der Waals surface area (Å²) >= 11 is 4.82. The molecule has 2 aromatic heterocycles. The predicted octanol–water partition coefficient (Wildman–Crippen LogP) is 4.20. The molecule has 1 saturated carbocycles. The summed E-state index contributed by atoms with van der Waals surface area (Å²) in [6, 6.07) is 7.50. The molecule has 2 aliphatic rings. The van der Waals surface area contributed by atoms with Crippen LogP contribution in [0.15, 0.2) is 37.6 Å². The fourth-order valence-corrected chi connectivity index (χ4v) is 6.95. The van der Waals surface area contributed by atoms with Crippen LogP contribution in [0.5, 0.6) is 5.75 Å². The fourth-order valence-electron chi connectivity index (χ4n) is 5.26. The zero-order chi connectivity index (χ0) is 26.3. The highest BCUT2D eigenvalue weighted by atomic mass is 79.9. The van der Waals surface area contributed by atoms with Crippen molar-refractivity contribution in [2.45, 2.75) is 63.3 Å². The van der Waals surface area contributed by atoms with E-state index in [0.717, 1.165) is 26.8 Å².